The molecule has 2 aliphatic rings. The van der Waals surface area contributed by atoms with Crippen LogP contribution in [0.5, 0.6) is 5.75 Å². The number of carbonyl (C=O) groups excluding carboxylic acids is 1. The van der Waals surface area contributed by atoms with Crippen molar-refractivity contribution in [3.63, 3.8) is 0 Å². The maximum absolute atomic E-state index is 13.1. The van der Waals surface area contributed by atoms with Crippen LogP contribution >= 0.6 is 0 Å². The minimum Gasteiger partial charge on any atom is -0.497 e. The van der Waals surface area contributed by atoms with Crippen LogP contribution in [0.15, 0.2) is 24.3 Å². The van der Waals surface area contributed by atoms with E-state index in [1.807, 2.05) is 36.1 Å². The van der Waals surface area contributed by atoms with E-state index in [9.17, 15) is 4.79 Å². The third-order valence-corrected chi connectivity index (χ3v) is 5.49. The van der Waals surface area contributed by atoms with E-state index >= 15 is 0 Å². The molecule has 0 saturated carbocycles. The first-order valence-corrected chi connectivity index (χ1v) is 10.1. The molecule has 0 aliphatic carbocycles. The molecule has 2 atom stereocenters. The quantitative estimate of drug-likeness (QED) is 0.795. The number of fused-ring (bicyclic) bond motifs is 1. The highest BCUT2D eigenvalue weighted by Crippen LogP contribution is 2.29. The number of anilines is 1. The predicted octanol–water partition coefficient (Wildman–Crippen LogP) is 2.61. The van der Waals surface area contributed by atoms with Crippen molar-refractivity contribution in [3.8, 4) is 5.75 Å². The zero-order chi connectivity index (χ0) is 20.5. The number of nitrogens with zero attached hydrogens (tertiary/aromatic N) is 4. The van der Waals surface area contributed by atoms with Gasteiger partial charge in [0.2, 0.25) is 0 Å². The summed E-state index contributed by atoms with van der Waals surface area (Å²) in [6.07, 6.45) is 1.03. The molecule has 1 aromatic carbocycles. The Hall–Kier alpha value is -2.67. The Morgan fingerprint density at radius 2 is 1.83 bits per heavy atom. The van der Waals surface area contributed by atoms with Crippen LogP contribution in [0.1, 0.15) is 41.3 Å². The summed E-state index contributed by atoms with van der Waals surface area (Å²) in [6.45, 7) is 8.87. The van der Waals surface area contributed by atoms with Crippen molar-refractivity contribution in [2.45, 2.75) is 45.9 Å². The number of benzene rings is 1. The number of rotatable bonds is 3. The van der Waals surface area contributed by atoms with Gasteiger partial charge in [-0.1, -0.05) is 0 Å². The molecular formula is C22H28N4O3. The van der Waals surface area contributed by atoms with Crippen molar-refractivity contribution >= 4 is 11.7 Å². The molecule has 3 heterocycles. The number of carbonyl (C=O) groups is 1. The van der Waals surface area contributed by atoms with E-state index in [0.717, 1.165) is 48.2 Å². The van der Waals surface area contributed by atoms with Crippen molar-refractivity contribution < 1.29 is 14.3 Å². The smallest absolute Gasteiger partial charge is 0.254 e. The summed E-state index contributed by atoms with van der Waals surface area (Å²) in [4.78, 5) is 26.7. The van der Waals surface area contributed by atoms with Crippen LogP contribution in [-0.2, 0) is 17.7 Å². The molecule has 154 valence electrons. The molecule has 0 spiro atoms. The number of hydrogen-bond donors (Lipinski definition) is 0. The van der Waals surface area contributed by atoms with Crippen molar-refractivity contribution in [2.24, 2.45) is 0 Å². The summed E-state index contributed by atoms with van der Waals surface area (Å²) >= 11 is 0. The third kappa shape index (κ3) is 4.05. The van der Waals surface area contributed by atoms with Gasteiger partial charge in [0.15, 0.2) is 0 Å². The first-order valence-electron chi connectivity index (χ1n) is 10.1. The monoisotopic (exact) mass is 396 g/mol. The number of hydrogen-bond acceptors (Lipinski definition) is 6. The minimum absolute atomic E-state index is 0.0218. The average molecular weight is 396 g/mol. The van der Waals surface area contributed by atoms with Crippen molar-refractivity contribution in [1.82, 2.24) is 14.9 Å². The van der Waals surface area contributed by atoms with E-state index in [-0.39, 0.29) is 18.1 Å². The van der Waals surface area contributed by atoms with Gasteiger partial charge >= 0.3 is 0 Å². The Balaban J connectivity index is 1.61. The molecule has 1 amide bonds. The molecule has 1 fully saturated rings. The van der Waals surface area contributed by atoms with Crippen LogP contribution in [0.25, 0.3) is 0 Å². The zero-order valence-electron chi connectivity index (χ0n) is 17.5. The Morgan fingerprint density at radius 3 is 2.48 bits per heavy atom. The lowest BCUT2D eigenvalue weighted by molar-refractivity contribution is -0.00560. The molecular weight excluding hydrogens is 368 g/mol. The van der Waals surface area contributed by atoms with Crippen LogP contribution in [0, 0.1) is 6.92 Å². The molecule has 29 heavy (non-hydrogen) atoms. The normalized spacial score (nSPS) is 21.7. The molecule has 2 aromatic rings. The van der Waals surface area contributed by atoms with Gasteiger partial charge < -0.3 is 19.3 Å². The average Bonchev–Trinajstić information content (AvgIpc) is 2.71. The predicted molar refractivity (Wildman–Crippen MR) is 110 cm³/mol. The van der Waals surface area contributed by atoms with Crippen molar-refractivity contribution in [1.29, 1.82) is 0 Å². The summed E-state index contributed by atoms with van der Waals surface area (Å²) in [5, 5.41) is 0. The van der Waals surface area contributed by atoms with Gasteiger partial charge in [-0.3, -0.25) is 4.79 Å². The summed E-state index contributed by atoms with van der Waals surface area (Å²) < 4.78 is 11.1. The van der Waals surface area contributed by atoms with Crippen LogP contribution in [0.3, 0.4) is 0 Å². The first-order chi connectivity index (χ1) is 13.9. The van der Waals surface area contributed by atoms with Crippen LogP contribution in [0.2, 0.25) is 0 Å². The fourth-order valence-electron chi connectivity index (χ4n) is 4.22. The molecule has 0 bridgehead atoms. The highest BCUT2D eigenvalue weighted by molar-refractivity contribution is 5.94. The molecule has 1 saturated heterocycles. The molecule has 1 aromatic heterocycles. The number of methoxy groups -OCH3 is 1. The Kier molecular flexibility index (Phi) is 5.41. The fraction of sp³-hybridized carbons (Fsp3) is 0.500. The van der Waals surface area contributed by atoms with Crippen LogP contribution in [0.4, 0.5) is 5.82 Å². The summed E-state index contributed by atoms with van der Waals surface area (Å²) in [5.74, 6) is 2.49. The van der Waals surface area contributed by atoms with E-state index in [1.165, 1.54) is 0 Å². The fourth-order valence-corrected chi connectivity index (χ4v) is 4.22. The third-order valence-electron chi connectivity index (χ3n) is 5.49. The SMILES string of the molecule is COc1ccc(C(=O)N2CCc3nc(C)nc(N4C[C@H](C)O[C@@H](C)C4)c3C2)cc1. The van der Waals surface area contributed by atoms with Crippen molar-refractivity contribution in [2.75, 3.05) is 31.6 Å². The van der Waals surface area contributed by atoms with Gasteiger partial charge in [0.05, 0.1) is 31.6 Å². The molecule has 7 heteroatoms. The maximum Gasteiger partial charge on any atom is 0.254 e. The van der Waals surface area contributed by atoms with E-state index < -0.39 is 0 Å². The molecule has 0 radical (unpaired) electrons. The van der Waals surface area contributed by atoms with Gasteiger partial charge in [-0.25, -0.2) is 9.97 Å². The molecule has 0 unspecified atom stereocenters. The van der Waals surface area contributed by atoms with Crippen molar-refractivity contribution in [3.05, 3.63) is 46.9 Å². The summed E-state index contributed by atoms with van der Waals surface area (Å²) in [6, 6.07) is 7.27. The number of ether oxygens (including phenoxy) is 2. The summed E-state index contributed by atoms with van der Waals surface area (Å²) in [5.41, 5.74) is 2.78. The largest absolute Gasteiger partial charge is 0.497 e. The molecule has 0 N–H and O–H groups in total. The second-order valence-corrected chi connectivity index (χ2v) is 7.89. The van der Waals surface area contributed by atoms with Gasteiger partial charge in [0.25, 0.3) is 5.91 Å². The summed E-state index contributed by atoms with van der Waals surface area (Å²) in [7, 11) is 1.62. The van der Waals surface area contributed by atoms with Crippen LogP contribution < -0.4 is 9.64 Å². The topological polar surface area (TPSA) is 67.8 Å². The van der Waals surface area contributed by atoms with E-state index in [1.54, 1.807) is 7.11 Å². The number of aromatic nitrogens is 2. The van der Waals surface area contributed by atoms with E-state index in [4.69, 9.17) is 14.5 Å². The Labute approximate surface area is 171 Å². The number of amides is 1. The molecule has 7 nitrogen and oxygen atoms in total. The molecule has 4 rings (SSSR count). The van der Waals surface area contributed by atoms with Gasteiger partial charge in [0, 0.05) is 37.2 Å². The lowest BCUT2D eigenvalue weighted by Gasteiger charge is -2.38. The first kappa shape index (κ1) is 19.6. The molecule has 2 aliphatic heterocycles. The Morgan fingerprint density at radius 1 is 1.14 bits per heavy atom. The van der Waals surface area contributed by atoms with Gasteiger partial charge in [-0.05, 0) is 45.0 Å². The maximum atomic E-state index is 13.1. The minimum atomic E-state index is 0.0218. The standard InChI is InChI=1S/C22H28N4O3/c1-14-11-26(12-15(2)29-14)21-19-13-25(10-9-20(19)23-16(3)24-21)22(27)17-5-7-18(28-4)8-6-17/h5-8,14-15H,9-13H2,1-4H3/t14-,15-/m0/s1. The second-order valence-electron chi connectivity index (χ2n) is 7.89. The lowest BCUT2D eigenvalue weighted by Crippen LogP contribution is -2.47. The van der Waals surface area contributed by atoms with E-state index in [0.29, 0.717) is 18.7 Å². The van der Waals surface area contributed by atoms with Gasteiger partial charge in [-0.2, -0.15) is 0 Å². The second kappa shape index (κ2) is 7.99. The Bertz CT molecular complexity index is 890. The number of aryl methyl sites for hydroxylation is 1. The zero-order valence-corrected chi connectivity index (χ0v) is 17.5. The lowest BCUT2D eigenvalue weighted by atomic mass is 10.0. The van der Waals surface area contributed by atoms with Crippen LogP contribution in [-0.4, -0.2) is 59.7 Å². The van der Waals surface area contributed by atoms with Gasteiger partial charge in [0.1, 0.15) is 17.4 Å². The van der Waals surface area contributed by atoms with Gasteiger partial charge in [-0.15, -0.1) is 0 Å². The van der Waals surface area contributed by atoms with E-state index in [2.05, 4.69) is 23.7 Å². The highest BCUT2D eigenvalue weighted by atomic mass is 16.5. The highest BCUT2D eigenvalue weighted by Gasteiger charge is 2.30. The number of morpholine rings is 1.